The second-order valence-corrected chi connectivity index (χ2v) is 9.40. The van der Waals surface area contributed by atoms with E-state index in [1.165, 1.54) is 4.90 Å². The zero-order valence-electron chi connectivity index (χ0n) is 17.7. The third-order valence-corrected chi connectivity index (χ3v) is 6.86. The van der Waals surface area contributed by atoms with Gasteiger partial charge in [0.2, 0.25) is 0 Å². The van der Waals surface area contributed by atoms with Crippen LogP contribution in [0.15, 0.2) is 72.8 Å². The van der Waals surface area contributed by atoms with Crippen molar-refractivity contribution in [2.75, 3.05) is 9.80 Å². The van der Waals surface area contributed by atoms with Crippen LogP contribution in [0.4, 0.5) is 21.9 Å². The zero-order valence-corrected chi connectivity index (χ0v) is 19.2. The molecule has 2 amide bonds. The standard InChI is InChI=1S/C26H21Cl2N3O2/c1-29-21-4-2-3-18(16-21)26(33)24(15-17-5-6-17)30(22-11-7-19(27)8-12-22)25(32)31(26)23-13-9-20(28)10-14-23/h2-4,7-14,16-17,24,33H,5-6,15H2. The molecule has 2 fully saturated rings. The van der Waals surface area contributed by atoms with Crippen LogP contribution in [0.5, 0.6) is 0 Å². The quantitative estimate of drug-likeness (QED) is 0.401. The van der Waals surface area contributed by atoms with Gasteiger partial charge in [0, 0.05) is 21.4 Å². The molecule has 1 aliphatic heterocycles. The van der Waals surface area contributed by atoms with Crippen molar-refractivity contribution in [3.8, 4) is 0 Å². The summed E-state index contributed by atoms with van der Waals surface area (Å²) >= 11 is 12.2. The molecule has 5 nitrogen and oxygen atoms in total. The number of carbonyl (C=O) groups excluding carboxylic acids is 1. The van der Waals surface area contributed by atoms with Gasteiger partial charge >= 0.3 is 6.03 Å². The summed E-state index contributed by atoms with van der Waals surface area (Å²) in [5, 5.41) is 13.6. The van der Waals surface area contributed by atoms with Crippen molar-refractivity contribution in [2.24, 2.45) is 5.92 Å². The van der Waals surface area contributed by atoms with Crippen molar-refractivity contribution < 1.29 is 9.90 Å². The Morgan fingerprint density at radius 2 is 1.58 bits per heavy atom. The lowest BCUT2D eigenvalue weighted by molar-refractivity contribution is 0.0276. The molecule has 1 saturated heterocycles. The van der Waals surface area contributed by atoms with E-state index in [9.17, 15) is 9.90 Å². The number of nitrogens with zero attached hydrogens (tertiary/aromatic N) is 3. The van der Waals surface area contributed by atoms with Gasteiger partial charge in [-0.15, -0.1) is 0 Å². The minimum absolute atomic E-state index is 0.346. The molecule has 0 bridgehead atoms. The number of anilines is 2. The van der Waals surface area contributed by atoms with Gasteiger partial charge in [0.15, 0.2) is 11.4 Å². The number of rotatable bonds is 5. The molecule has 2 aliphatic rings. The van der Waals surface area contributed by atoms with E-state index in [-0.39, 0.29) is 6.03 Å². The molecule has 3 aromatic carbocycles. The summed E-state index contributed by atoms with van der Waals surface area (Å²) < 4.78 is 0. The number of carbonyl (C=O) groups is 1. The summed E-state index contributed by atoms with van der Waals surface area (Å²) in [6.45, 7) is 7.45. The predicted molar refractivity (Wildman–Crippen MR) is 131 cm³/mol. The van der Waals surface area contributed by atoms with Gasteiger partial charge in [-0.3, -0.25) is 9.80 Å². The van der Waals surface area contributed by atoms with Crippen molar-refractivity contribution in [2.45, 2.75) is 31.0 Å². The lowest BCUT2D eigenvalue weighted by Crippen LogP contribution is -2.50. The minimum atomic E-state index is -1.69. The number of aliphatic hydroxyl groups is 1. The summed E-state index contributed by atoms with van der Waals surface area (Å²) in [5.41, 5.74) is 0.401. The average Bonchev–Trinajstić information content (AvgIpc) is 3.62. The molecule has 33 heavy (non-hydrogen) atoms. The SMILES string of the molecule is [C-]#[N+]c1cccc(C2(O)C(CC3CC3)N(c3ccc(Cl)cc3)C(=O)N2c2ccc(Cl)cc2)c1. The molecule has 166 valence electrons. The molecule has 2 unspecified atom stereocenters. The molecule has 1 aliphatic carbocycles. The van der Waals surface area contributed by atoms with E-state index >= 15 is 0 Å². The van der Waals surface area contributed by atoms with E-state index < -0.39 is 11.8 Å². The molecular formula is C26H21Cl2N3O2. The molecule has 7 heteroatoms. The van der Waals surface area contributed by atoms with Crippen molar-refractivity contribution in [1.82, 2.24) is 0 Å². The zero-order chi connectivity index (χ0) is 23.2. The Morgan fingerprint density at radius 3 is 2.15 bits per heavy atom. The van der Waals surface area contributed by atoms with Crippen LogP contribution in [0.3, 0.4) is 0 Å². The maximum absolute atomic E-state index is 14.0. The Kier molecular flexibility index (Phi) is 5.54. The summed E-state index contributed by atoms with van der Waals surface area (Å²) in [6, 6.07) is 19.9. The first-order valence-electron chi connectivity index (χ1n) is 10.8. The fraction of sp³-hybridized carbons (Fsp3) is 0.231. The summed E-state index contributed by atoms with van der Waals surface area (Å²) in [4.78, 5) is 20.6. The minimum Gasteiger partial charge on any atom is -0.365 e. The van der Waals surface area contributed by atoms with E-state index in [0.717, 1.165) is 12.8 Å². The van der Waals surface area contributed by atoms with Crippen molar-refractivity contribution in [3.05, 3.63) is 99.8 Å². The van der Waals surface area contributed by atoms with Crippen LogP contribution in [-0.2, 0) is 5.72 Å². The van der Waals surface area contributed by atoms with Crippen LogP contribution in [0.1, 0.15) is 24.8 Å². The van der Waals surface area contributed by atoms with Gasteiger partial charge < -0.3 is 5.11 Å². The number of halogens is 2. The highest BCUT2D eigenvalue weighted by atomic mass is 35.5. The number of amides is 2. The first kappa shape index (κ1) is 21.8. The van der Waals surface area contributed by atoms with Gasteiger partial charge in [-0.2, -0.15) is 0 Å². The van der Waals surface area contributed by atoms with E-state index in [0.29, 0.717) is 45.0 Å². The maximum atomic E-state index is 14.0. The van der Waals surface area contributed by atoms with Crippen molar-refractivity contribution in [3.63, 3.8) is 0 Å². The molecule has 3 aromatic rings. The Morgan fingerprint density at radius 1 is 0.970 bits per heavy atom. The largest absolute Gasteiger partial charge is 0.365 e. The van der Waals surface area contributed by atoms with Crippen LogP contribution in [0, 0.1) is 12.5 Å². The van der Waals surface area contributed by atoms with Gasteiger partial charge in [-0.05, 0) is 72.5 Å². The Bertz CT molecular complexity index is 1240. The third-order valence-electron chi connectivity index (χ3n) is 6.36. The van der Waals surface area contributed by atoms with Crippen LogP contribution in [0.2, 0.25) is 10.0 Å². The number of hydrogen-bond donors (Lipinski definition) is 1. The molecule has 0 spiro atoms. The second kappa shape index (κ2) is 8.39. The monoisotopic (exact) mass is 477 g/mol. The molecule has 5 rings (SSSR count). The molecule has 1 saturated carbocycles. The first-order chi connectivity index (χ1) is 15.9. The average molecular weight is 478 g/mol. The number of hydrogen-bond acceptors (Lipinski definition) is 2. The van der Waals surface area contributed by atoms with Gasteiger partial charge in [0.1, 0.15) is 0 Å². The topological polar surface area (TPSA) is 48.1 Å². The molecule has 1 N–H and O–H groups in total. The normalized spacial score (nSPS) is 22.5. The number of benzene rings is 3. The fourth-order valence-electron chi connectivity index (χ4n) is 4.57. The molecule has 1 heterocycles. The molecular weight excluding hydrogens is 457 g/mol. The van der Waals surface area contributed by atoms with Crippen LogP contribution in [0.25, 0.3) is 4.85 Å². The lowest BCUT2D eigenvalue weighted by Gasteiger charge is -2.37. The van der Waals surface area contributed by atoms with Crippen LogP contribution < -0.4 is 9.80 Å². The highest BCUT2D eigenvalue weighted by Gasteiger charge is 2.59. The molecule has 0 radical (unpaired) electrons. The Hall–Kier alpha value is -3.04. The first-order valence-corrected chi connectivity index (χ1v) is 11.5. The number of urea groups is 1. The summed E-state index contributed by atoms with van der Waals surface area (Å²) in [5.74, 6) is 0.429. The lowest BCUT2D eigenvalue weighted by atomic mass is 9.89. The smallest absolute Gasteiger partial charge is 0.332 e. The van der Waals surface area contributed by atoms with Gasteiger partial charge in [0.05, 0.1) is 12.6 Å². The van der Waals surface area contributed by atoms with Gasteiger partial charge in [0.25, 0.3) is 0 Å². The Labute approximate surface area is 202 Å². The van der Waals surface area contributed by atoms with Gasteiger partial charge in [-0.25, -0.2) is 9.64 Å². The molecule has 0 aromatic heterocycles. The maximum Gasteiger partial charge on any atom is 0.332 e. The van der Waals surface area contributed by atoms with Crippen LogP contribution in [-0.4, -0.2) is 17.2 Å². The van der Waals surface area contributed by atoms with E-state index in [1.54, 1.807) is 77.7 Å². The van der Waals surface area contributed by atoms with Crippen molar-refractivity contribution >= 4 is 46.3 Å². The predicted octanol–water partition coefficient (Wildman–Crippen LogP) is 7.00. The fourth-order valence-corrected chi connectivity index (χ4v) is 4.82. The Balaban J connectivity index is 1.72. The third kappa shape index (κ3) is 3.85. The highest BCUT2D eigenvalue weighted by molar-refractivity contribution is 6.31. The summed E-state index contributed by atoms with van der Waals surface area (Å²) in [7, 11) is 0. The highest BCUT2D eigenvalue weighted by Crippen LogP contribution is 2.49. The van der Waals surface area contributed by atoms with Crippen molar-refractivity contribution in [1.29, 1.82) is 0 Å². The molecule has 2 atom stereocenters. The second-order valence-electron chi connectivity index (χ2n) is 8.52. The summed E-state index contributed by atoms with van der Waals surface area (Å²) in [6.07, 6.45) is 2.77. The van der Waals surface area contributed by atoms with Gasteiger partial charge in [-0.1, -0.05) is 54.2 Å². The van der Waals surface area contributed by atoms with Crippen LogP contribution >= 0.6 is 23.2 Å². The van der Waals surface area contributed by atoms with E-state index in [2.05, 4.69) is 4.85 Å². The van der Waals surface area contributed by atoms with E-state index in [1.807, 2.05) is 0 Å². The van der Waals surface area contributed by atoms with E-state index in [4.69, 9.17) is 29.8 Å².